The summed E-state index contributed by atoms with van der Waals surface area (Å²) in [5.41, 5.74) is 0.712. The van der Waals surface area contributed by atoms with Crippen molar-refractivity contribution in [2.45, 2.75) is 39.4 Å². The highest BCUT2D eigenvalue weighted by atomic mass is 35.5. The molecule has 2 amide bonds. The average molecular weight is 313 g/mol. The molecule has 1 aromatic rings. The number of carbonyl (C=O) groups is 2. The van der Waals surface area contributed by atoms with Gasteiger partial charge < -0.3 is 9.80 Å². The molecule has 114 valence electrons. The van der Waals surface area contributed by atoms with Crippen LogP contribution in [0.5, 0.6) is 0 Å². The van der Waals surface area contributed by atoms with Gasteiger partial charge in [-0.15, -0.1) is 0 Å². The van der Waals surface area contributed by atoms with Crippen molar-refractivity contribution in [2.75, 3.05) is 7.05 Å². The molecule has 0 aliphatic carbocycles. The fourth-order valence-corrected chi connectivity index (χ4v) is 2.67. The third-order valence-electron chi connectivity index (χ3n) is 4.10. The van der Waals surface area contributed by atoms with E-state index in [1.807, 2.05) is 0 Å². The van der Waals surface area contributed by atoms with E-state index < -0.39 is 17.9 Å². The Kier molecular flexibility index (Phi) is 4.23. The first-order valence-electron chi connectivity index (χ1n) is 6.76. The van der Waals surface area contributed by atoms with Gasteiger partial charge in [0.15, 0.2) is 0 Å². The minimum absolute atomic E-state index is 0.00370. The van der Waals surface area contributed by atoms with Gasteiger partial charge in [-0.2, -0.15) is 0 Å². The summed E-state index contributed by atoms with van der Waals surface area (Å²) in [6.07, 6.45) is 0. The van der Waals surface area contributed by atoms with E-state index in [2.05, 4.69) is 0 Å². The van der Waals surface area contributed by atoms with Crippen molar-refractivity contribution < 1.29 is 14.0 Å². The van der Waals surface area contributed by atoms with Gasteiger partial charge in [0.2, 0.25) is 11.8 Å². The molecule has 1 aliphatic rings. The number of hydrogen-bond donors (Lipinski definition) is 0. The van der Waals surface area contributed by atoms with E-state index in [0.717, 1.165) is 0 Å². The van der Waals surface area contributed by atoms with Crippen molar-refractivity contribution in [1.29, 1.82) is 0 Å². The lowest BCUT2D eigenvalue weighted by Crippen LogP contribution is -2.61. The number of piperazine rings is 1. The van der Waals surface area contributed by atoms with E-state index >= 15 is 0 Å². The van der Waals surface area contributed by atoms with Gasteiger partial charge in [-0.25, -0.2) is 4.39 Å². The van der Waals surface area contributed by atoms with Gasteiger partial charge in [-0.1, -0.05) is 17.7 Å². The molecular weight excluding hydrogens is 295 g/mol. The van der Waals surface area contributed by atoms with Crippen molar-refractivity contribution in [1.82, 2.24) is 9.80 Å². The fourth-order valence-electron chi connectivity index (χ4n) is 2.46. The second-order valence-corrected chi connectivity index (χ2v) is 5.83. The van der Waals surface area contributed by atoms with Crippen LogP contribution in [0, 0.1) is 12.7 Å². The van der Waals surface area contributed by atoms with E-state index in [4.69, 9.17) is 11.6 Å². The Balaban J connectivity index is 2.37. The maximum Gasteiger partial charge on any atom is 0.246 e. The first-order chi connectivity index (χ1) is 9.75. The number of hydrogen-bond acceptors (Lipinski definition) is 2. The maximum atomic E-state index is 14.2. The molecule has 0 radical (unpaired) electrons. The molecule has 21 heavy (non-hydrogen) atoms. The minimum atomic E-state index is -0.630. The predicted octanol–water partition coefficient (Wildman–Crippen LogP) is 2.37. The first kappa shape index (κ1) is 15.8. The van der Waals surface area contributed by atoms with Crippen molar-refractivity contribution in [3.8, 4) is 0 Å². The Labute approximate surface area is 128 Å². The van der Waals surface area contributed by atoms with Crippen molar-refractivity contribution in [3.05, 3.63) is 34.1 Å². The standard InChI is InChI=1S/C15H18ClFN2O2/c1-8-5-6-12(16)11(13(8)17)7-19-10(3)14(20)18(4)9(2)15(19)21/h5-6,9-10H,7H2,1-4H3/t9-,10-/m0/s1. The summed E-state index contributed by atoms with van der Waals surface area (Å²) in [7, 11) is 1.60. The number of amides is 2. The van der Waals surface area contributed by atoms with Crippen molar-refractivity contribution in [3.63, 3.8) is 0 Å². The largest absolute Gasteiger partial charge is 0.332 e. The molecule has 6 heteroatoms. The third kappa shape index (κ3) is 2.62. The molecule has 1 heterocycles. The monoisotopic (exact) mass is 312 g/mol. The molecule has 1 saturated heterocycles. The molecule has 1 fully saturated rings. The third-order valence-corrected chi connectivity index (χ3v) is 4.46. The van der Waals surface area contributed by atoms with Crippen LogP contribution in [0.15, 0.2) is 12.1 Å². The molecular formula is C15H18ClFN2O2. The lowest BCUT2D eigenvalue weighted by molar-refractivity contribution is -0.159. The highest BCUT2D eigenvalue weighted by molar-refractivity contribution is 6.31. The van der Waals surface area contributed by atoms with Crippen LogP contribution in [0.3, 0.4) is 0 Å². The fraction of sp³-hybridized carbons (Fsp3) is 0.467. The number of nitrogens with zero attached hydrogens (tertiary/aromatic N) is 2. The molecule has 0 bridgehead atoms. The maximum absolute atomic E-state index is 14.2. The van der Waals surface area contributed by atoms with E-state index in [1.54, 1.807) is 40.0 Å². The van der Waals surface area contributed by atoms with E-state index in [9.17, 15) is 14.0 Å². The molecule has 0 N–H and O–H groups in total. The number of rotatable bonds is 2. The van der Waals surface area contributed by atoms with E-state index in [-0.39, 0.29) is 28.9 Å². The zero-order chi connectivity index (χ0) is 15.9. The normalized spacial score (nSPS) is 23.0. The van der Waals surface area contributed by atoms with Gasteiger partial charge in [0.05, 0.1) is 6.54 Å². The second kappa shape index (κ2) is 5.64. The van der Waals surface area contributed by atoms with Gasteiger partial charge in [0, 0.05) is 17.6 Å². The van der Waals surface area contributed by atoms with E-state index in [0.29, 0.717) is 5.56 Å². The highest BCUT2D eigenvalue weighted by Crippen LogP contribution is 2.26. The second-order valence-electron chi connectivity index (χ2n) is 5.42. The summed E-state index contributed by atoms with van der Waals surface area (Å²) in [5.74, 6) is -0.797. The summed E-state index contributed by atoms with van der Waals surface area (Å²) in [6.45, 7) is 4.94. The molecule has 1 aliphatic heterocycles. The number of aryl methyl sites for hydroxylation is 1. The number of benzene rings is 1. The predicted molar refractivity (Wildman–Crippen MR) is 78.4 cm³/mol. The molecule has 2 atom stereocenters. The Hall–Kier alpha value is -1.62. The zero-order valence-electron chi connectivity index (χ0n) is 12.5. The van der Waals surface area contributed by atoms with Crippen LogP contribution in [0.25, 0.3) is 0 Å². The summed E-state index contributed by atoms with van der Waals surface area (Å²) < 4.78 is 14.2. The van der Waals surface area contributed by atoms with Crippen LogP contribution in [-0.2, 0) is 16.1 Å². The van der Waals surface area contributed by atoms with Gasteiger partial charge in [0.1, 0.15) is 17.9 Å². The Morgan fingerprint density at radius 2 is 1.81 bits per heavy atom. The van der Waals surface area contributed by atoms with Gasteiger partial charge in [0.25, 0.3) is 0 Å². The van der Waals surface area contributed by atoms with Crippen LogP contribution >= 0.6 is 11.6 Å². The van der Waals surface area contributed by atoms with Gasteiger partial charge in [-0.3, -0.25) is 9.59 Å². The molecule has 4 nitrogen and oxygen atoms in total. The van der Waals surface area contributed by atoms with Gasteiger partial charge >= 0.3 is 0 Å². The minimum Gasteiger partial charge on any atom is -0.332 e. The summed E-state index contributed by atoms with van der Waals surface area (Å²) in [5, 5.41) is 0.261. The van der Waals surface area contributed by atoms with Crippen LogP contribution in [0.4, 0.5) is 4.39 Å². The molecule has 2 rings (SSSR count). The Morgan fingerprint density at radius 3 is 2.43 bits per heavy atom. The first-order valence-corrected chi connectivity index (χ1v) is 7.14. The number of likely N-dealkylation sites (N-methyl/N-ethyl adjacent to an activating group) is 1. The summed E-state index contributed by atoms with van der Waals surface area (Å²) in [6, 6.07) is 2.01. The SMILES string of the molecule is Cc1ccc(Cl)c(CN2C(=O)[C@H](C)N(C)C(=O)[C@@H]2C)c1F. The van der Waals surface area contributed by atoms with E-state index in [1.165, 1.54) is 9.80 Å². The van der Waals surface area contributed by atoms with Crippen LogP contribution in [-0.4, -0.2) is 40.7 Å². The van der Waals surface area contributed by atoms with Crippen LogP contribution < -0.4 is 0 Å². The molecule has 1 aromatic carbocycles. The summed E-state index contributed by atoms with van der Waals surface area (Å²) in [4.78, 5) is 27.3. The zero-order valence-corrected chi connectivity index (χ0v) is 13.2. The molecule has 0 aromatic heterocycles. The Morgan fingerprint density at radius 1 is 1.19 bits per heavy atom. The lowest BCUT2D eigenvalue weighted by Gasteiger charge is -2.41. The average Bonchev–Trinajstić information content (AvgIpc) is 2.46. The van der Waals surface area contributed by atoms with Crippen molar-refractivity contribution >= 4 is 23.4 Å². The van der Waals surface area contributed by atoms with Crippen LogP contribution in [0.2, 0.25) is 5.02 Å². The van der Waals surface area contributed by atoms with Crippen molar-refractivity contribution in [2.24, 2.45) is 0 Å². The van der Waals surface area contributed by atoms with Crippen LogP contribution in [0.1, 0.15) is 25.0 Å². The topological polar surface area (TPSA) is 40.6 Å². The molecule has 0 spiro atoms. The summed E-state index contributed by atoms with van der Waals surface area (Å²) >= 11 is 6.04. The number of halogens is 2. The molecule has 0 unspecified atom stereocenters. The van der Waals surface area contributed by atoms with Gasteiger partial charge in [-0.05, 0) is 32.4 Å². The quantitative estimate of drug-likeness (QED) is 0.841. The highest BCUT2D eigenvalue weighted by Gasteiger charge is 2.40. The number of carbonyl (C=O) groups excluding carboxylic acids is 2. The molecule has 0 saturated carbocycles. The smallest absolute Gasteiger partial charge is 0.246 e. The lowest BCUT2D eigenvalue weighted by atomic mass is 10.0. The Bertz CT molecular complexity index is 606.